The summed E-state index contributed by atoms with van der Waals surface area (Å²) in [6, 6.07) is 17.0. The summed E-state index contributed by atoms with van der Waals surface area (Å²) >= 11 is 9.09. The van der Waals surface area contributed by atoms with Crippen molar-refractivity contribution in [3.05, 3.63) is 64.6 Å². The van der Waals surface area contributed by atoms with E-state index in [9.17, 15) is 4.79 Å². The number of hydrogen-bond donors (Lipinski definition) is 0. The van der Waals surface area contributed by atoms with Gasteiger partial charge in [-0.2, -0.15) is 0 Å². The van der Waals surface area contributed by atoms with E-state index in [4.69, 9.17) is 11.6 Å². The Kier molecular flexibility index (Phi) is 3.55. The Labute approximate surface area is 129 Å². The molecule has 2 nitrogen and oxygen atoms in total. The van der Waals surface area contributed by atoms with Crippen LogP contribution < -0.4 is 0 Å². The van der Waals surface area contributed by atoms with Crippen molar-refractivity contribution in [2.24, 2.45) is 0 Å². The number of fused-ring (bicyclic) bond motifs is 1. The molecule has 2 aromatic carbocycles. The molecule has 0 N–H and O–H groups in total. The zero-order valence-corrected chi connectivity index (χ0v) is 12.6. The number of carbonyl (C=O) groups is 1. The summed E-state index contributed by atoms with van der Waals surface area (Å²) in [6.45, 7) is 0. The van der Waals surface area contributed by atoms with Crippen LogP contribution in [-0.2, 0) is 0 Å². The lowest BCUT2D eigenvalue weighted by atomic mass is 10.0. The van der Waals surface area contributed by atoms with Gasteiger partial charge in [0.2, 0.25) is 0 Å². The van der Waals surface area contributed by atoms with E-state index in [0.717, 1.165) is 26.6 Å². The van der Waals surface area contributed by atoms with Gasteiger partial charge in [-0.25, -0.2) is 4.98 Å². The summed E-state index contributed by atoms with van der Waals surface area (Å²) in [5, 5.41) is 0.301. The van der Waals surface area contributed by atoms with E-state index in [1.165, 1.54) is 0 Å². The van der Waals surface area contributed by atoms with Crippen molar-refractivity contribution in [2.75, 3.05) is 0 Å². The first kappa shape index (κ1) is 13.3. The van der Waals surface area contributed by atoms with Crippen molar-refractivity contribution in [1.29, 1.82) is 0 Å². The first-order valence-electron chi connectivity index (χ1n) is 6.01. The van der Waals surface area contributed by atoms with E-state index in [1.807, 2.05) is 48.5 Å². The highest BCUT2D eigenvalue weighted by atomic mass is 79.9. The average Bonchev–Trinajstić information content (AvgIpc) is 2.46. The number of carbonyl (C=O) groups excluding carboxylic acids is 1. The summed E-state index contributed by atoms with van der Waals surface area (Å²) < 4.78 is 0.996. The van der Waals surface area contributed by atoms with Crippen molar-refractivity contribution in [1.82, 2.24) is 4.98 Å². The monoisotopic (exact) mass is 345 g/mol. The predicted molar refractivity (Wildman–Crippen MR) is 85.1 cm³/mol. The van der Waals surface area contributed by atoms with Crippen molar-refractivity contribution in [3.8, 4) is 11.3 Å². The standard InChI is InChI=1S/C16H9BrClNO/c17-11-7-5-10(6-8-11)15-9-13(16(18)20)12-3-1-2-4-14(12)19-15/h1-9H. The maximum Gasteiger partial charge on any atom is 0.253 e. The maximum absolute atomic E-state index is 11.6. The number of hydrogen-bond acceptors (Lipinski definition) is 2. The lowest BCUT2D eigenvalue weighted by Crippen LogP contribution is -1.95. The number of para-hydroxylation sites is 1. The molecule has 0 aliphatic carbocycles. The molecule has 0 bridgehead atoms. The Bertz CT molecular complexity index is 799. The molecule has 0 saturated carbocycles. The van der Waals surface area contributed by atoms with Crippen LogP contribution in [0.2, 0.25) is 0 Å². The molecule has 0 aliphatic heterocycles. The smallest absolute Gasteiger partial charge is 0.253 e. The van der Waals surface area contributed by atoms with Gasteiger partial charge in [-0.15, -0.1) is 0 Å². The molecule has 0 unspecified atom stereocenters. The molecule has 0 spiro atoms. The normalized spacial score (nSPS) is 10.7. The largest absolute Gasteiger partial charge is 0.276 e. The maximum atomic E-state index is 11.6. The summed E-state index contributed by atoms with van der Waals surface area (Å²) in [7, 11) is 0. The lowest BCUT2D eigenvalue weighted by Gasteiger charge is -2.07. The van der Waals surface area contributed by atoms with Gasteiger partial charge in [-0.3, -0.25) is 4.79 Å². The van der Waals surface area contributed by atoms with Crippen molar-refractivity contribution < 1.29 is 4.79 Å². The van der Waals surface area contributed by atoms with Gasteiger partial charge in [0.1, 0.15) is 0 Å². The molecule has 3 rings (SSSR count). The Hall–Kier alpha value is -1.71. The van der Waals surface area contributed by atoms with E-state index in [2.05, 4.69) is 20.9 Å². The van der Waals surface area contributed by atoms with E-state index in [1.54, 1.807) is 6.07 Å². The van der Waals surface area contributed by atoms with Crippen molar-refractivity contribution in [2.45, 2.75) is 0 Å². The van der Waals surface area contributed by atoms with Gasteiger partial charge >= 0.3 is 0 Å². The summed E-state index contributed by atoms with van der Waals surface area (Å²) in [4.78, 5) is 16.2. The second kappa shape index (κ2) is 5.35. The number of benzene rings is 2. The number of nitrogens with zero attached hydrogens (tertiary/aromatic N) is 1. The zero-order valence-electron chi connectivity index (χ0n) is 10.3. The van der Waals surface area contributed by atoms with Crippen LogP contribution in [0.1, 0.15) is 10.4 Å². The molecule has 4 heteroatoms. The zero-order chi connectivity index (χ0) is 14.1. The molecule has 0 fully saturated rings. The highest BCUT2D eigenvalue weighted by Crippen LogP contribution is 2.26. The Balaban J connectivity index is 2.27. The minimum atomic E-state index is -0.470. The van der Waals surface area contributed by atoms with Gasteiger partial charge in [0.05, 0.1) is 11.2 Å². The van der Waals surface area contributed by atoms with Gasteiger partial charge in [0.15, 0.2) is 0 Å². The minimum absolute atomic E-state index is 0.470. The third-order valence-corrected chi connectivity index (χ3v) is 3.80. The van der Waals surface area contributed by atoms with Crippen LogP contribution in [0.5, 0.6) is 0 Å². The minimum Gasteiger partial charge on any atom is -0.276 e. The van der Waals surface area contributed by atoms with Crippen LogP contribution in [0.3, 0.4) is 0 Å². The first-order valence-corrected chi connectivity index (χ1v) is 7.18. The lowest BCUT2D eigenvalue weighted by molar-refractivity contribution is 0.108. The Morgan fingerprint density at radius 3 is 2.45 bits per heavy atom. The third kappa shape index (κ3) is 2.47. The van der Waals surface area contributed by atoms with E-state index in [0.29, 0.717) is 5.56 Å². The fourth-order valence-corrected chi connectivity index (χ4v) is 2.53. The Morgan fingerprint density at radius 1 is 1.05 bits per heavy atom. The average molecular weight is 347 g/mol. The molecular formula is C16H9BrClNO. The van der Waals surface area contributed by atoms with E-state index >= 15 is 0 Å². The van der Waals surface area contributed by atoms with Crippen LogP contribution in [0.25, 0.3) is 22.2 Å². The second-order valence-electron chi connectivity index (χ2n) is 4.35. The number of pyridine rings is 1. The fourth-order valence-electron chi connectivity index (χ4n) is 2.11. The molecular weight excluding hydrogens is 338 g/mol. The quantitative estimate of drug-likeness (QED) is 0.608. The first-order chi connectivity index (χ1) is 9.65. The SMILES string of the molecule is O=C(Cl)c1cc(-c2ccc(Br)cc2)nc2ccccc12. The van der Waals surface area contributed by atoms with Crippen LogP contribution in [-0.4, -0.2) is 10.2 Å². The van der Waals surface area contributed by atoms with Crippen molar-refractivity contribution >= 4 is 43.7 Å². The van der Waals surface area contributed by atoms with Crippen LogP contribution in [0, 0.1) is 0 Å². The molecule has 0 aliphatic rings. The topological polar surface area (TPSA) is 30.0 Å². The summed E-state index contributed by atoms with van der Waals surface area (Å²) in [5.41, 5.74) is 2.92. The van der Waals surface area contributed by atoms with Crippen LogP contribution in [0.15, 0.2) is 59.1 Å². The molecule has 1 aromatic heterocycles. The van der Waals surface area contributed by atoms with Gasteiger partial charge in [0.25, 0.3) is 5.24 Å². The molecule has 0 amide bonds. The fraction of sp³-hybridized carbons (Fsp3) is 0. The molecule has 20 heavy (non-hydrogen) atoms. The highest BCUT2D eigenvalue weighted by molar-refractivity contribution is 9.10. The molecule has 0 atom stereocenters. The van der Waals surface area contributed by atoms with Gasteiger partial charge < -0.3 is 0 Å². The van der Waals surface area contributed by atoms with Crippen LogP contribution >= 0.6 is 27.5 Å². The van der Waals surface area contributed by atoms with E-state index < -0.39 is 5.24 Å². The van der Waals surface area contributed by atoms with Gasteiger partial charge in [-0.05, 0) is 35.9 Å². The summed E-state index contributed by atoms with van der Waals surface area (Å²) in [5.74, 6) is 0. The predicted octanol–water partition coefficient (Wildman–Crippen LogP) is 5.04. The van der Waals surface area contributed by atoms with Gasteiger partial charge in [0, 0.05) is 21.0 Å². The molecule has 98 valence electrons. The van der Waals surface area contributed by atoms with Crippen LogP contribution in [0.4, 0.5) is 0 Å². The number of halogens is 2. The highest BCUT2D eigenvalue weighted by Gasteiger charge is 2.11. The Morgan fingerprint density at radius 2 is 1.75 bits per heavy atom. The van der Waals surface area contributed by atoms with E-state index in [-0.39, 0.29) is 0 Å². The van der Waals surface area contributed by atoms with Crippen molar-refractivity contribution in [3.63, 3.8) is 0 Å². The number of rotatable bonds is 2. The molecule has 3 aromatic rings. The third-order valence-electron chi connectivity index (χ3n) is 3.07. The molecule has 0 saturated heterocycles. The number of aromatic nitrogens is 1. The summed E-state index contributed by atoms with van der Waals surface area (Å²) in [6.07, 6.45) is 0. The second-order valence-corrected chi connectivity index (χ2v) is 5.61. The molecule has 1 heterocycles. The molecule has 0 radical (unpaired) electrons. The van der Waals surface area contributed by atoms with Gasteiger partial charge in [-0.1, -0.05) is 46.3 Å².